The van der Waals surface area contributed by atoms with Gasteiger partial charge in [0.25, 0.3) is 0 Å². The Bertz CT molecular complexity index is 653. The molecule has 3 rings (SSSR count). The highest BCUT2D eigenvalue weighted by Gasteiger charge is 2.21. The molecule has 0 spiro atoms. The van der Waals surface area contributed by atoms with Crippen LogP contribution in [0.25, 0.3) is 0 Å². The van der Waals surface area contributed by atoms with E-state index in [0.717, 1.165) is 31.2 Å². The van der Waals surface area contributed by atoms with Crippen molar-refractivity contribution in [1.29, 1.82) is 0 Å². The lowest BCUT2D eigenvalue weighted by Gasteiger charge is -2.33. The van der Waals surface area contributed by atoms with Gasteiger partial charge >= 0.3 is 0 Å². The quantitative estimate of drug-likeness (QED) is 0.885. The third-order valence-electron chi connectivity index (χ3n) is 4.80. The van der Waals surface area contributed by atoms with Crippen molar-refractivity contribution in [3.8, 4) is 5.88 Å². The van der Waals surface area contributed by atoms with E-state index in [1.165, 1.54) is 30.5 Å². The monoisotopic (exact) mass is 328 g/mol. The summed E-state index contributed by atoms with van der Waals surface area (Å²) >= 11 is 0. The molecule has 1 atom stereocenters. The molecule has 130 valence electrons. The topological polar surface area (TPSA) is 42.3 Å². The fourth-order valence-corrected chi connectivity index (χ4v) is 3.59. The first-order valence-electron chi connectivity index (χ1n) is 8.73. The average molecular weight is 328 g/mol. The Morgan fingerprint density at radius 1 is 1.29 bits per heavy atom. The smallest absolute Gasteiger partial charge is 0.216 e. The normalized spacial score (nSPS) is 18.7. The minimum Gasteiger partial charge on any atom is -0.481 e. The number of benzene rings is 1. The van der Waals surface area contributed by atoms with Crippen molar-refractivity contribution < 1.29 is 4.74 Å². The minimum absolute atomic E-state index is 0.520. The minimum atomic E-state index is 0.520. The number of rotatable bonds is 6. The maximum atomic E-state index is 5.49. The Morgan fingerprint density at radius 3 is 2.83 bits per heavy atom. The number of nitrogens with one attached hydrogen (secondary N) is 1. The lowest BCUT2D eigenvalue weighted by atomic mass is 10.0. The van der Waals surface area contributed by atoms with Crippen LogP contribution >= 0.6 is 0 Å². The lowest BCUT2D eigenvalue weighted by Crippen LogP contribution is -2.45. The van der Waals surface area contributed by atoms with Crippen LogP contribution in [-0.2, 0) is 20.1 Å². The Morgan fingerprint density at radius 2 is 2.08 bits per heavy atom. The first kappa shape index (κ1) is 17.0. The highest BCUT2D eigenvalue weighted by Crippen LogP contribution is 2.21. The number of aromatic nitrogens is 2. The van der Waals surface area contributed by atoms with Crippen molar-refractivity contribution in [1.82, 2.24) is 20.0 Å². The highest BCUT2D eigenvalue weighted by atomic mass is 16.5. The zero-order chi connectivity index (χ0) is 16.9. The second-order valence-electron chi connectivity index (χ2n) is 6.64. The number of aryl methyl sites for hydroxylation is 2. The van der Waals surface area contributed by atoms with Gasteiger partial charge in [0.1, 0.15) is 0 Å². The molecule has 0 aliphatic carbocycles. The number of likely N-dealkylation sites (tertiary alicyclic amines) is 1. The molecule has 0 saturated carbocycles. The van der Waals surface area contributed by atoms with Gasteiger partial charge in [0.15, 0.2) is 0 Å². The van der Waals surface area contributed by atoms with Crippen molar-refractivity contribution in [3.63, 3.8) is 0 Å². The molecule has 24 heavy (non-hydrogen) atoms. The summed E-state index contributed by atoms with van der Waals surface area (Å²) in [6.07, 6.45) is 2.47. The van der Waals surface area contributed by atoms with Crippen LogP contribution in [0.5, 0.6) is 5.88 Å². The van der Waals surface area contributed by atoms with Crippen LogP contribution in [0.3, 0.4) is 0 Å². The second-order valence-corrected chi connectivity index (χ2v) is 6.64. The van der Waals surface area contributed by atoms with Crippen molar-refractivity contribution in [3.05, 3.63) is 47.2 Å². The molecule has 0 bridgehead atoms. The summed E-state index contributed by atoms with van der Waals surface area (Å²) in [6.45, 7) is 6.17. The third kappa shape index (κ3) is 3.97. The van der Waals surface area contributed by atoms with Crippen LogP contribution < -0.4 is 10.1 Å². The van der Waals surface area contributed by atoms with Gasteiger partial charge in [0, 0.05) is 32.7 Å². The van der Waals surface area contributed by atoms with E-state index in [1.807, 2.05) is 18.7 Å². The first-order chi connectivity index (χ1) is 11.7. The summed E-state index contributed by atoms with van der Waals surface area (Å²) in [5.41, 5.74) is 3.60. The van der Waals surface area contributed by atoms with Crippen molar-refractivity contribution in [2.45, 2.75) is 38.9 Å². The molecule has 1 N–H and O–H groups in total. The summed E-state index contributed by atoms with van der Waals surface area (Å²) in [4.78, 5) is 2.55. The van der Waals surface area contributed by atoms with Crippen molar-refractivity contribution >= 4 is 0 Å². The molecular formula is C19H28N4O. The maximum absolute atomic E-state index is 5.49. The molecule has 0 amide bonds. The fourth-order valence-electron chi connectivity index (χ4n) is 3.59. The zero-order valence-corrected chi connectivity index (χ0v) is 15.0. The zero-order valence-electron chi connectivity index (χ0n) is 15.0. The summed E-state index contributed by atoms with van der Waals surface area (Å²) < 4.78 is 7.30. The van der Waals surface area contributed by atoms with Gasteiger partial charge in [0.05, 0.1) is 18.4 Å². The summed E-state index contributed by atoms with van der Waals surface area (Å²) in [7, 11) is 3.64. The van der Waals surface area contributed by atoms with E-state index in [1.54, 1.807) is 7.11 Å². The standard InChI is InChI=1S/C19H28N4O/c1-15-18(19(24-3)22(2)21-15)12-20-17-10-7-11-23(14-17)13-16-8-5-4-6-9-16/h4-6,8-9,17,20H,7,10-14H2,1-3H3/t17-/m1/s1. The van der Waals surface area contributed by atoms with E-state index >= 15 is 0 Å². The predicted molar refractivity (Wildman–Crippen MR) is 96.1 cm³/mol. The number of hydrogen-bond acceptors (Lipinski definition) is 4. The van der Waals surface area contributed by atoms with Gasteiger partial charge in [-0.2, -0.15) is 5.10 Å². The molecule has 2 aromatic rings. The molecule has 1 aromatic heterocycles. The molecule has 1 saturated heterocycles. The van der Waals surface area contributed by atoms with Gasteiger partial charge in [-0.3, -0.25) is 4.90 Å². The van der Waals surface area contributed by atoms with Gasteiger partial charge in [0.2, 0.25) is 5.88 Å². The Balaban J connectivity index is 1.56. The molecule has 1 aliphatic rings. The SMILES string of the molecule is COc1c(CN[C@@H]2CCCN(Cc3ccccc3)C2)c(C)nn1C. The molecule has 1 aliphatic heterocycles. The fraction of sp³-hybridized carbons (Fsp3) is 0.526. The Labute approximate surface area is 144 Å². The number of piperidine rings is 1. The lowest BCUT2D eigenvalue weighted by molar-refractivity contribution is 0.182. The number of nitrogens with zero attached hydrogens (tertiary/aromatic N) is 3. The van der Waals surface area contributed by atoms with Gasteiger partial charge in [-0.1, -0.05) is 30.3 Å². The van der Waals surface area contributed by atoms with Gasteiger partial charge in [-0.25, -0.2) is 4.68 Å². The molecule has 5 nitrogen and oxygen atoms in total. The van der Waals surface area contributed by atoms with Crippen LogP contribution in [0.4, 0.5) is 0 Å². The highest BCUT2D eigenvalue weighted by molar-refractivity contribution is 5.30. The van der Waals surface area contributed by atoms with Crippen molar-refractivity contribution in [2.75, 3.05) is 20.2 Å². The number of methoxy groups -OCH3 is 1. The molecular weight excluding hydrogens is 300 g/mol. The van der Waals surface area contributed by atoms with E-state index < -0.39 is 0 Å². The summed E-state index contributed by atoms with van der Waals surface area (Å²) in [5, 5.41) is 8.17. The van der Waals surface area contributed by atoms with E-state index in [4.69, 9.17) is 4.74 Å². The largest absolute Gasteiger partial charge is 0.481 e. The van der Waals surface area contributed by atoms with E-state index in [-0.39, 0.29) is 0 Å². The van der Waals surface area contributed by atoms with Gasteiger partial charge in [-0.05, 0) is 31.9 Å². The van der Waals surface area contributed by atoms with Crippen LogP contribution in [-0.4, -0.2) is 40.9 Å². The van der Waals surface area contributed by atoms with Crippen LogP contribution in [0.15, 0.2) is 30.3 Å². The molecule has 5 heteroatoms. The van der Waals surface area contributed by atoms with Crippen molar-refractivity contribution in [2.24, 2.45) is 7.05 Å². The van der Waals surface area contributed by atoms with E-state index in [9.17, 15) is 0 Å². The third-order valence-corrected chi connectivity index (χ3v) is 4.80. The molecule has 0 radical (unpaired) electrons. The summed E-state index contributed by atoms with van der Waals surface area (Å²) in [6, 6.07) is 11.3. The van der Waals surface area contributed by atoms with Crippen LogP contribution in [0.1, 0.15) is 29.7 Å². The van der Waals surface area contributed by atoms with Gasteiger partial charge in [-0.15, -0.1) is 0 Å². The molecule has 0 unspecified atom stereocenters. The number of hydrogen-bond donors (Lipinski definition) is 1. The average Bonchev–Trinajstić information content (AvgIpc) is 2.87. The van der Waals surface area contributed by atoms with Gasteiger partial charge < -0.3 is 10.1 Å². The van der Waals surface area contributed by atoms with E-state index in [2.05, 4.69) is 45.6 Å². The first-order valence-corrected chi connectivity index (χ1v) is 8.73. The predicted octanol–water partition coefficient (Wildman–Crippen LogP) is 2.49. The molecule has 1 aromatic carbocycles. The van der Waals surface area contributed by atoms with Crippen LogP contribution in [0, 0.1) is 6.92 Å². The Hall–Kier alpha value is -1.85. The van der Waals surface area contributed by atoms with Crippen LogP contribution in [0.2, 0.25) is 0 Å². The maximum Gasteiger partial charge on any atom is 0.216 e. The second kappa shape index (κ2) is 7.81. The molecule has 2 heterocycles. The molecule has 1 fully saturated rings. The number of ether oxygens (including phenoxy) is 1. The Kier molecular flexibility index (Phi) is 5.53. The summed E-state index contributed by atoms with van der Waals surface area (Å²) in [5.74, 6) is 0.858. The van der Waals surface area contributed by atoms with E-state index in [0.29, 0.717) is 6.04 Å².